The Bertz CT molecular complexity index is 516. The normalized spacial score (nSPS) is 17.2. The molecule has 1 aromatic carbocycles. The average Bonchev–Trinajstić information content (AvgIpc) is 2.54. The van der Waals surface area contributed by atoms with Crippen molar-refractivity contribution in [3.05, 3.63) is 29.6 Å². The van der Waals surface area contributed by atoms with Gasteiger partial charge in [-0.25, -0.2) is 9.18 Å². The molecule has 1 heterocycles. The third-order valence-corrected chi connectivity index (χ3v) is 4.09. The van der Waals surface area contributed by atoms with E-state index in [9.17, 15) is 9.18 Å². The summed E-state index contributed by atoms with van der Waals surface area (Å²) in [6, 6.07) is 5.35. The van der Waals surface area contributed by atoms with Crippen LogP contribution in [0.3, 0.4) is 0 Å². The molecule has 0 saturated carbocycles. The van der Waals surface area contributed by atoms with Gasteiger partial charge in [0, 0.05) is 25.2 Å². The first kappa shape index (κ1) is 16.5. The Morgan fingerprint density at radius 3 is 2.59 bits per heavy atom. The lowest BCUT2D eigenvalue weighted by Gasteiger charge is -2.33. The van der Waals surface area contributed by atoms with Crippen molar-refractivity contribution in [3.63, 3.8) is 0 Å². The van der Waals surface area contributed by atoms with Gasteiger partial charge in [-0.3, -0.25) is 0 Å². The number of carbonyl (C=O) groups is 1. The van der Waals surface area contributed by atoms with Gasteiger partial charge in [-0.1, -0.05) is 6.07 Å². The van der Waals surface area contributed by atoms with Crippen LogP contribution in [0.25, 0.3) is 0 Å². The number of methoxy groups -OCH3 is 2. The number of hydrogen-bond donors (Lipinski definition) is 1. The number of nitrogens with one attached hydrogen (secondary N) is 1. The van der Waals surface area contributed by atoms with Crippen molar-refractivity contribution in [3.8, 4) is 5.75 Å². The molecule has 0 spiro atoms. The van der Waals surface area contributed by atoms with Crippen LogP contribution in [0.15, 0.2) is 18.2 Å². The maximum absolute atomic E-state index is 13.8. The van der Waals surface area contributed by atoms with Crippen LogP contribution in [0.2, 0.25) is 0 Å². The van der Waals surface area contributed by atoms with Crippen LogP contribution in [0, 0.1) is 5.82 Å². The first-order chi connectivity index (χ1) is 10.5. The smallest absolute Gasteiger partial charge is 0.409 e. The van der Waals surface area contributed by atoms with Crippen molar-refractivity contribution in [1.29, 1.82) is 0 Å². The van der Waals surface area contributed by atoms with Crippen molar-refractivity contribution in [2.24, 2.45) is 0 Å². The first-order valence-electron chi connectivity index (χ1n) is 7.47. The van der Waals surface area contributed by atoms with E-state index in [4.69, 9.17) is 9.47 Å². The molecule has 0 bridgehead atoms. The fourth-order valence-electron chi connectivity index (χ4n) is 2.76. The van der Waals surface area contributed by atoms with Crippen LogP contribution in [0.1, 0.15) is 31.4 Å². The van der Waals surface area contributed by atoms with Gasteiger partial charge in [0.2, 0.25) is 0 Å². The number of benzene rings is 1. The molecule has 1 aliphatic rings. The largest absolute Gasteiger partial charge is 0.494 e. The molecule has 1 atom stereocenters. The Balaban J connectivity index is 1.89. The second-order valence-corrected chi connectivity index (χ2v) is 5.51. The molecule has 0 aromatic heterocycles. The van der Waals surface area contributed by atoms with Gasteiger partial charge in [-0.15, -0.1) is 0 Å². The molecule has 1 aromatic rings. The van der Waals surface area contributed by atoms with E-state index < -0.39 is 0 Å². The number of rotatable bonds is 4. The summed E-state index contributed by atoms with van der Waals surface area (Å²) < 4.78 is 23.4. The molecular weight excluding hydrogens is 287 g/mol. The monoisotopic (exact) mass is 310 g/mol. The zero-order valence-electron chi connectivity index (χ0n) is 13.3. The van der Waals surface area contributed by atoms with Gasteiger partial charge >= 0.3 is 6.09 Å². The highest BCUT2D eigenvalue weighted by molar-refractivity contribution is 5.67. The quantitative estimate of drug-likeness (QED) is 0.929. The molecule has 2 rings (SSSR count). The van der Waals surface area contributed by atoms with E-state index in [1.54, 1.807) is 11.0 Å². The lowest BCUT2D eigenvalue weighted by molar-refractivity contribution is 0.109. The maximum atomic E-state index is 13.8. The highest BCUT2D eigenvalue weighted by atomic mass is 19.1. The van der Waals surface area contributed by atoms with Crippen LogP contribution in [0.4, 0.5) is 9.18 Å². The molecule has 0 aliphatic carbocycles. The Hall–Kier alpha value is -1.82. The molecule has 122 valence electrons. The molecule has 22 heavy (non-hydrogen) atoms. The van der Waals surface area contributed by atoms with Gasteiger partial charge in [0.05, 0.1) is 14.2 Å². The second kappa shape index (κ2) is 7.45. The van der Waals surface area contributed by atoms with Crippen LogP contribution < -0.4 is 10.1 Å². The standard InChI is InChI=1S/C16H23FN2O3/c1-11(12-4-5-15(21-2)14(17)10-12)18-13-6-8-19(9-7-13)16(20)22-3/h4-5,10-11,13,18H,6-9H2,1-3H3/t11-/m1/s1. The Labute approximate surface area is 130 Å². The SMILES string of the molecule is COC(=O)N1CCC(N[C@H](C)c2ccc(OC)c(F)c2)CC1. The predicted octanol–water partition coefficient (Wildman–Crippen LogP) is 2.72. The van der Waals surface area contributed by atoms with Gasteiger partial charge in [0.25, 0.3) is 0 Å². The van der Waals surface area contributed by atoms with E-state index in [2.05, 4.69) is 5.32 Å². The molecule has 1 N–H and O–H groups in total. The number of carbonyl (C=O) groups excluding carboxylic acids is 1. The van der Waals surface area contributed by atoms with E-state index in [0.717, 1.165) is 18.4 Å². The summed E-state index contributed by atoms with van der Waals surface area (Å²) in [7, 11) is 2.85. The molecule has 1 saturated heterocycles. The van der Waals surface area contributed by atoms with E-state index in [-0.39, 0.29) is 23.7 Å². The molecule has 5 nitrogen and oxygen atoms in total. The van der Waals surface area contributed by atoms with Crippen molar-refractivity contribution >= 4 is 6.09 Å². The van der Waals surface area contributed by atoms with Crippen LogP contribution in [0.5, 0.6) is 5.75 Å². The first-order valence-corrected chi connectivity index (χ1v) is 7.47. The molecule has 6 heteroatoms. The zero-order chi connectivity index (χ0) is 16.1. The Morgan fingerprint density at radius 1 is 1.36 bits per heavy atom. The van der Waals surface area contributed by atoms with E-state index in [1.807, 2.05) is 13.0 Å². The summed E-state index contributed by atoms with van der Waals surface area (Å²) in [5, 5.41) is 3.49. The zero-order valence-corrected chi connectivity index (χ0v) is 13.3. The van der Waals surface area contributed by atoms with E-state index in [1.165, 1.54) is 20.3 Å². The molecule has 1 fully saturated rings. The Morgan fingerprint density at radius 2 is 2.05 bits per heavy atom. The van der Waals surface area contributed by atoms with Gasteiger partial charge in [-0.2, -0.15) is 0 Å². The number of likely N-dealkylation sites (tertiary alicyclic amines) is 1. The molecule has 1 aliphatic heterocycles. The van der Waals surface area contributed by atoms with Gasteiger partial charge in [0.1, 0.15) is 0 Å². The van der Waals surface area contributed by atoms with E-state index in [0.29, 0.717) is 19.1 Å². The van der Waals surface area contributed by atoms with Crippen LogP contribution in [-0.4, -0.2) is 44.3 Å². The number of ether oxygens (including phenoxy) is 2. The van der Waals surface area contributed by atoms with Gasteiger partial charge < -0.3 is 19.7 Å². The number of nitrogens with zero attached hydrogens (tertiary/aromatic N) is 1. The van der Waals surface area contributed by atoms with Crippen molar-refractivity contribution in [2.45, 2.75) is 31.8 Å². The Kier molecular flexibility index (Phi) is 5.60. The van der Waals surface area contributed by atoms with Crippen LogP contribution >= 0.6 is 0 Å². The third kappa shape index (κ3) is 3.88. The summed E-state index contributed by atoms with van der Waals surface area (Å²) in [5.74, 6) is -0.100. The number of hydrogen-bond acceptors (Lipinski definition) is 4. The highest BCUT2D eigenvalue weighted by Crippen LogP contribution is 2.23. The fourth-order valence-corrected chi connectivity index (χ4v) is 2.76. The van der Waals surface area contributed by atoms with Crippen LogP contribution in [-0.2, 0) is 4.74 Å². The average molecular weight is 310 g/mol. The molecule has 0 radical (unpaired) electrons. The minimum Gasteiger partial charge on any atom is -0.494 e. The number of piperidine rings is 1. The lowest BCUT2D eigenvalue weighted by atomic mass is 10.0. The van der Waals surface area contributed by atoms with Gasteiger partial charge in [0.15, 0.2) is 11.6 Å². The molecule has 1 amide bonds. The molecular formula is C16H23FN2O3. The fraction of sp³-hybridized carbons (Fsp3) is 0.562. The second-order valence-electron chi connectivity index (χ2n) is 5.51. The third-order valence-electron chi connectivity index (χ3n) is 4.09. The summed E-state index contributed by atoms with van der Waals surface area (Å²) in [6.07, 6.45) is 1.44. The highest BCUT2D eigenvalue weighted by Gasteiger charge is 2.24. The van der Waals surface area contributed by atoms with Gasteiger partial charge in [-0.05, 0) is 37.5 Å². The van der Waals surface area contributed by atoms with Crippen molar-refractivity contribution in [2.75, 3.05) is 27.3 Å². The summed E-state index contributed by atoms with van der Waals surface area (Å²) in [6.45, 7) is 3.36. The van der Waals surface area contributed by atoms with Crippen molar-refractivity contribution in [1.82, 2.24) is 10.2 Å². The number of halogens is 1. The summed E-state index contributed by atoms with van der Waals surface area (Å²) >= 11 is 0. The van der Waals surface area contributed by atoms with E-state index >= 15 is 0 Å². The predicted molar refractivity (Wildman–Crippen MR) is 81.5 cm³/mol. The topological polar surface area (TPSA) is 50.8 Å². The summed E-state index contributed by atoms with van der Waals surface area (Å²) in [5.41, 5.74) is 0.883. The molecule has 0 unspecified atom stereocenters. The minimum absolute atomic E-state index is 0.0371. The minimum atomic E-state index is -0.353. The number of amides is 1. The maximum Gasteiger partial charge on any atom is 0.409 e. The lowest BCUT2D eigenvalue weighted by Crippen LogP contribution is -2.45. The summed E-state index contributed by atoms with van der Waals surface area (Å²) in [4.78, 5) is 13.1. The van der Waals surface area contributed by atoms with Crippen molar-refractivity contribution < 1.29 is 18.7 Å².